The molecule has 1 aromatic rings. The van der Waals surface area contributed by atoms with E-state index in [9.17, 15) is 4.79 Å². The van der Waals surface area contributed by atoms with Crippen molar-refractivity contribution in [3.63, 3.8) is 0 Å². The third kappa shape index (κ3) is 3.63. The molecule has 1 fully saturated rings. The van der Waals surface area contributed by atoms with E-state index in [2.05, 4.69) is 15.9 Å². The van der Waals surface area contributed by atoms with Gasteiger partial charge in [0.25, 0.3) is 0 Å². The molecule has 16 heavy (non-hydrogen) atoms. The molecular weight excluding hydrogens is 268 g/mol. The number of ether oxygens (including phenoxy) is 1. The largest absolute Gasteiger partial charge is 0.460 e. The van der Waals surface area contributed by atoms with Gasteiger partial charge in [-0.3, -0.25) is 4.79 Å². The Morgan fingerprint density at radius 2 is 2.06 bits per heavy atom. The van der Waals surface area contributed by atoms with Gasteiger partial charge in [0.1, 0.15) is 11.4 Å². The molecule has 86 valence electrons. The first-order valence-corrected chi connectivity index (χ1v) is 6.52. The van der Waals surface area contributed by atoms with Gasteiger partial charge in [-0.15, -0.1) is 0 Å². The second kappa shape index (κ2) is 5.48. The van der Waals surface area contributed by atoms with Gasteiger partial charge in [0.05, 0.1) is 0 Å². The van der Waals surface area contributed by atoms with Crippen LogP contribution in [0.15, 0.2) is 30.3 Å². The Labute approximate surface area is 104 Å². The number of hydrogen-bond donors (Lipinski definition) is 0. The lowest BCUT2D eigenvalue weighted by Crippen LogP contribution is -2.17. The van der Waals surface area contributed by atoms with Gasteiger partial charge in [0.2, 0.25) is 0 Å². The van der Waals surface area contributed by atoms with Gasteiger partial charge in [0.15, 0.2) is 0 Å². The molecule has 1 atom stereocenters. The molecule has 0 aromatic heterocycles. The molecule has 0 N–H and O–H groups in total. The first-order chi connectivity index (χ1) is 7.75. The lowest BCUT2D eigenvalue weighted by Gasteiger charge is -2.09. The van der Waals surface area contributed by atoms with Gasteiger partial charge in [-0.25, -0.2) is 0 Å². The second-order valence-electron chi connectivity index (χ2n) is 4.24. The first-order valence-electron chi connectivity index (χ1n) is 5.60. The number of alkyl halides is 1. The third-order valence-electron chi connectivity index (χ3n) is 2.72. The van der Waals surface area contributed by atoms with Crippen LogP contribution in [-0.4, -0.2) is 10.8 Å². The van der Waals surface area contributed by atoms with E-state index in [1.165, 1.54) is 12.8 Å². The number of carbonyl (C=O) groups excluding carboxylic acids is 1. The molecule has 0 saturated heterocycles. The van der Waals surface area contributed by atoms with Crippen LogP contribution >= 0.6 is 15.9 Å². The average molecular weight is 283 g/mol. The highest BCUT2D eigenvalue weighted by Crippen LogP contribution is 2.35. The lowest BCUT2D eigenvalue weighted by molar-refractivity contribution is -0.144. The Balaban J connectivity index is 1.74. The quantitative estimate of drug-likeness (QED) is 0.612. The lowest BCUT2D eigenvalue weighted by atomic mass is 10.2. The highest BCUT2D eigenvalue weighted by Gasteiger charge is 2.28. The van der Waals surface area contributed by atoms with Crippen LogP contribution in [0.3, 0.4) is 0 Å². The molecule has 1 aliphatic rings. The molecule has 3 heteroatoms. The minimum Gasteiger partial charge on any atom is -0.460 e. The Kier molecular flexibility index (Phi) is 3.99. The van der Waals surface area contributed by atoms with Crippen LogP contribution < -0.4 is 0 Å². The van der Waals surface area contributed by atoms with Crippen molar-refractivity contribution in [2.45, 2.75) is 30.7 Å². The molecule has 1 saturated carbocycles. The van der Waals surface area contributed by atoms with Crippen LogP contribution in [-0.2, 0) is 16.1 Å². The molecule has 1 aromatic carbocycles. The van der Waals surface area contributed by atoms with E-state index in [0.717, 1.165) is 17.9 Å². The van der Waals surface area contributed by atoms with Gasteiger partial charge in [0, 0.05) is 0 Å². The SMILES string of the molecule is O=C(OCc1ccccc1)C(Br)CC1CC1. The Bertz CT molecular complexity index is 346. The van der Waals surface area contributed by atoms with Crippen molar-refractivity contribution in [3.8, 4) is 0 Å². The van der Waals surface area contributed by atoms with Crippen LogP contribution in [0, 0.1) is 5.92 Å². The molecule has 0 amide bonds. The van der Waals surface area contributed by atoms with Crippen LogP contribution in [0.25, 0.3) is 0 Å². The predicted octanol–water partition coefficient (Wildman–Crippen LogP) is 3.29. The van der Waals surface area contributed by atoms with E-state index < -0.39 is 0 Å². The number of benzene rings is 1. The van der Waals surface area contributed by atoms with Crippen LogP contribution in [0.2, 0.25) is 0 Å². The summed E-state index contributed by atoms with van der Waals surface area (Å²) in [4.78, 5) is 11.5. The first kappa shape index (κ1) is 11.6. The summed E-state index contributed by atoms with van der Waals surface area (Å²) >= 11 is 3.38. The molecule has 0 radical (unpaired) electrons. The maximum atomic E-state index is 11.6. The molecule has 0 spiro atoms. The fourth-order valence-corrected chi connectivity index (χ4v) is 2.22. The van der Waals surface area contributed by atoms with Crippen molar-refractivity contribution in [3.05, 3.63) is 35.9 Å². The van der Waals surface area contributed by atoms with Gasteiger partial charge in [-0.05, 0) is 17.9 Å². The van der Waals surface area contributed by atoms with Crippen molar-refractivity contribution in [1.29, 1.82) is 0 Å². The Hall–Kier alpha value is -0.830. The van der Waals surface area contributed by atoms with Crippen molar-refractivity contribution >= 4 is 21.9 Å². The summed E-state index contributed by atoms with van der Waals surface area (Å²) in [7, 11) is 0. The fourth-order valence-electron chi connectivity index (χ4n) is 1.56. The number of halogens is 1. The average Bonchev–Trinajstić information content (AvgIpc) is 3.11. The van der Waals surface area contributed by atoms with Crippen molar-refractivity contribution < 1.29 is 9.53 Å². The molecule has 2 nitrogen and oxygen atoms in total. The molecule has 2 rings (SSSR count). The maximum absolute atomic E-state index is 11.6. The topological polar surface area (TPSA) is 26.3 Å². The number of esters is 1. The summed E-state index contributed by atoms with van der Waals surface area (Å²) in [6, 6.07) is 9.75. The van der Waals surface area contributed by atoms with Crippen LogP contribution in [0.1, 0.15) is 24.8 Å². The number of hydrogen-bond acceptors (Lipinski definition) is 2. The smallest absolute Gasteiger partial charge is 0.320 e. The summed E-state index contributed by atoms with van der Waals surface area (Å²) in [5, 5.41) is 0. The van der Waals surface area contributed by atoms with Crippen LogP contribution in [0.5, 0.6) is 0 Å². The van der Waals surface area contributed by atoms with Gasteiger partial charge in [-0.2, -0.15) is 0 Å². The molecular formula is C13H15BrO2. The number of rotatable bonds is 5. The van der Waals surface area contributed by atoms with Crippen molar-refractivity contribution in [2.24, 2.45) is 5.92 Å². The normalized spacial score (nSPS) is 16.8. The highest BCUT2D eigenvalue weighted by molar-refractivity contribution is 9.10. The van der Waals surface area contributed by atoms with Crippen molar-refractivity contribution in [1.82, 2.24) is 0 Å². The van der Waals surface area contributed by atoms with Crippen LogP contribution in [0.4, 0.5) is 0 Å². The minimum absolute atomic E-state index is 0.135. The molecule has 1 unspecified atom stereocenters. The Morgan fingerprint density at radius 1 is 1.38 bits per heavy atom. The van der Waals surface area contributed by atoms with E-state index in [1.807, 2.05) is 30.3 Å². The van der Waals surface area contributed by atoms with E-state index in [4.69, 9.17) is 4.74 Å². The van der Waals surface area contributed by atoms with E-state index >= 15 is 0 Å². The fraction of sp³-hybridized carbons (Fsp3) is 0.462. The zero-order valence-electron chi connectivity index (χ0n) is 9.06. The monoisotopic (exact) mass is 282 g/mol. The zero-order chi connectivity index (χ0) is 11.4. The molecule has 0 heterocycles. The Morgan fingerprint density at radius 3 is 2.69 bits per heavy atom. The summed E-state index contributed by atoms with van der Waals surface area (Å²) < 4.78 is 5.23. The maximum Gasteiger partial charge on any atom is 0.320 e. The number of carbonyl (C=O) groups is 1. The molecule has 0 bridgehead atoms. The standard InChI is InChI=1S/C13H15BrO2/c14-12(8-10-6-7-10)13(15)16-9-11-4-2-1-3-5-11/h1-5,10,12H,6-9H2. The van der Waals surface area contributed by atoms with Gasteiger partial charge >= 0.3 is 5.97 Å². The summed E-state index contributed by atoms with van der Waals surface area (Å²) in [6.07, 6.45) is 3.43. The summed E-state index contributed by atoms with van der Waals surface area (Å²) in [5.41, 5.74) is 1.03. The summed E-state index contributed by atoms with van der Waals surface area (Å²) in [5.74, 6) is 0.587. The van der Waals surface area contributed by atoms with E-state index in [-0.39, 0.29) is 10.8 Å². The van der Waals surface area contributed by atoms with Gasteiger partial charge < -0.3 is 4.74 Å². The van der Waals surface area contributed by atoms with E-state index in [0.29, 0.717) is 6.61 Å². The minimum atomic E-state index is -0.143. The highest BCUT2D eigenvalue weighted by atomic mass is 79.9. The zero-order valence-corrected chi connectivity index (χ0v) is 10.7. The molecule has 0 aliphatic heterocycles. The second-order valence-corrected chi connectivity index (χ2v) is 5.35. The molecule has 1 aliphatic carbocycles. The predicted molar refractivity (Wildman–Crippen MR) is 66.3 cm³/mol. The van der Waals surface area contributed by atoms with E-state index in [1.54, 1.807) is 0 Å². The third-order valence-corrected chi connectivity index (χ3v) is 3.46. The van der Waals surface area contributed by atoms with Crippen molar-refractivity contribution in [2.75, 3.05) is 0 Å². The van der Waals surface area contributed by atoms with Gasteiger partial charge in [-0.1, -0.05) is 59.1 Å². The summed E-state index contributed by atoms with van der Waals surface area (Å²) in [6.45, 7) is 0.367.